The summed E-state index contributed by atoms with van der Waals surface area (Å²) in [5, 5.41) is 0. The first-order valence-corrected chi connectivity index (χ1v) is 7.03. The molecule has 0 saturated heterocycles. The highest BCUT2D eigenvalue weighted by atomic mass is 16.2. The molecule has 2 rings (SSSR count). The van der Waals surface area contributed by atoms with Crippen LogP contribution in [0.4, 0.5) is 0 Å². The van der Waals surface area contributed by atoms with E-state index >= 15 is 0 Å². The Labute approximate surface area is 120 Å². The molecule has 0 atom stereocenters. The van der Waals surface area contributed by atoms with E-state index < -0.39 is 0 Å². The van der Waals surface area contributed by atoms with Crippen LogP contribution in [0.15, 0.2) is 41.3 Å². The molecule has 20 heavy (non-hydrogen) atoms. The number of hydrogen-bond acceptors (Lipinski definition) is 1. The molecule has 0 amide bonds. The summed E-state index contributed by atoms with van der Waals surface area (Å²) in [6, 6.07) is 10.1. The molecule has 108 valence electrons. The zero-order chi connectivity index (χ0) is 15.1. The summed E-state index contributed by atoms with van der Waals surface area (Å²) in [5.74, 6) is 0. The van der Waals surface area contributed by atoms with Crippen molar-refractivity contribution in [1.29, 1.82) is 0 Å². The van der Waals surface area contributed by atoms with Crippen LogP contribution in [0.5, 0.6) is 0 Å². The Hall–Kier alpha value is -1.77. The van der Waals surface area contributed by atoms with E-state index in [-0.39, 0.29) is 16.8 Å². The van der Waals surface area contributed by atoms with Crippen molar-refractivity contribution in [3.05, 3.63) is 47.0 Å². The van der Waals surface area contributed by atoms with Gasteiger partial charge in [0.2, 0.25) is 0 Å². The Balaban J connectivity index is 2.78. The van der Waals surface area contributed by atoms with Gasteiger partial charge in [0.25, 0.3) is 0 Å². The van der Waals surface area contributed by atoms with Gasteiger partial charge in [-0.2, -0.15) is 0 Å². The summed E-state index contributed by atoms with van der Waals surface area (Å²) in [7, 11) is 0. The van der Waals surface area contributed by atoms with Crippen molar-refractivity contribution in [3.63, 3.8) is 0 Å². The maximum atomic E-state index is 12.8. The summed E-state index contributed by atoms with van der Waals surface area (Å²) >= 11 is 0. The van der Waals surface area contributed by atoms with Crippen LogP contribution in [0.1, 0.15) is 41.5 Å². The molecule has 0 saturated carbocycles. The molecule has 0 aliphatic rings. The Bertz CT molecular complexity index is 649. The molecule has 0 aliphatic carbocycles. The summed E-state index contributed by atoms with van der Waals surface area (Å²) in [4.78, 5) is 12.8. The third kappa shape index (κ3) is 2.58. The predicted molar refractivity (Wildman–Crippen MR) is 84.1 cm³/mol. The second kappa shape index (κ2) is 4.65. The van der Waals surface area contributed by atoms with Gasteiger partial charge in [-0.1, -0.05) is 30.3 Å². The van der Waals surface area contributed by atoms with Gasteiger partial charge in [-0.05, 0) is 47.1 Å². The summed E-state index contributed by atoms with van der Waals surface area (Å²) < 4.78 is 3.70. The average Bonchev–Trinajstić information content (AvgIpc) is 2.67. The molecule has 3 nitrogen and oxygen atoms in total. The zero-order valence-corrected chi connectivity index (χ0v) is 13.3. The van der Waals surface area contributed by atoms with Gasteiger partial charge < -0.3 is 0 Å². The molecule has 0 spiro atoms. The van der Waals surface area contributed by atoms with Crippen molar-refractivity contribution < 1.29 is 0 Å². The summed E-state index contributed by atoms with van der Waals surface area (Å²) in [6.45, 7) is 12.3. The van der Waals surface area contributed by atoms with Crippen LogP contribution in [0.3, 0.4) is 0 Å². The molecule has 0 N–H and O–H groups in total. The van der Waals surface area contributed by atoms with Gasteiger partial charge in [-0.25, -0.2) is 4.79 Å². The zero-order valence-electron chi connectivity index (χ0n) is 13.3. The van der Waals surface area contributed by atoms with Crippen molar-refractivity contribution in [2.45, 2.75) is 52.6 Å². The third-order valence-electron chi connectivity index (χ3n) is 3.35. The first-order chi connectivity index (χ1) is 9.12. The van der Waals surface area contributed by atoms with Crippen LogP contribution in [0, 0.1) is 0 Å². The van der Waals surface area contributed by atoms with Crippen LogP contribution in [0.25, 0.3) is 11.3 Å². The molecule has 1 aromatic carbocycles. The van der Waals surface area contributed by atoms with Crippen molar-refractivity contribution >= 4 is 0 Å². The van der Waals surface area contributed by atoms with E-state index in [1.807, 2.05) is 45.7 Å². The van der Waals surface area contributed by atoms with E-state index in [9.17, 15) is 4.79 Å². The predicted octanol–water partition coefficient (Wildman–Crippen LogP) is 3.83. The van der Waals surface area contributed by atoms with Gasteiger partial charge in [0.1, 0.15) is 0 Å². The molecule has 0 bridgehead atoms. The lowest BCUT2D eigenvalue weighted by molar-refractivity contribution is 0.343. The van der Waals surface area contributed by atoms with Gasteiger partial charge in [0.15, 0.2) is 0 Å². The molecule has 2 aromatic rings. The Morgan fingerprint density at radius 2 is 1.40 bits per heavy atom. The lowest BCUT2D eigenvalue weighted by atomic mass is 10.1. The molecular formula is C17H24N2O. The van der Waals surface area contributed by atoms with Crippen molar-refractivity contribution in [3.8, 4) is 11.3 Å². The summed E-state index contributed by atoms with van der Waals surface area (Å²) in [5.41, 5.74) is 1.61. The van der Waals surface area contributed by atoms with Gasteiger partial charge in [0, 0.05) is 17.3 Å². The second-order valence-electron chi connectivity index (χ2n) is 7.21. The number of imidazole rings is 1. The van der Waals surface area contributed by atoms with E-state index in [0.29, 0.717) is 0 Å². The van der Waals surface area contributed by atoms with E-state index in [1.165, 1.54) is 0 Å². The van der Waals surface area contributed by atoms with E-state index in [1.54, 1.807) is 0 Å². The Kier molecular flexibility index (Phi) is 3.41. The van der Waals surface area contributed by atoms with Crippen LogP contribution in [-0.4, -0.2) is 9.13 Å². The number of rotatable bonds is 1. The Morgan fingerprint density at radius 1 is 0.850 bits per heavy atom. The van der Waals surface area contributed by atoms with Crippen molar-refractivity contribution in [1.82, 2.24) is 9.13 Å². The van der Waals surface area contributed by atoms with Crippen LogP contribution >= 0.6 is 0 Å². The Morgan fingerprint density at radius 3 is 1.85 bits per heavy atom. The van der Waals surface area contributed by atoms with E-state index in [4.69, 9.17) is 0 Å². The minimum absolute atomic E-state index is 0.0452. The highest BCUT2D eigenvalue weighted by molar-refractivity contribution is 5.59. The van der Waals surface area contributed by atoms with Crippen LogP contribution in [-0.2, 0) is 11.1 Å². The minimum Gasteiger partial charge on any atom is -0.293 e. The van der Waals surface area contributed by atoms with Crippen molar-refractivity contribution in [2.24, 2.45) is 0 Å². The molecule has 1 heterocycles. The molecule has 0 aliphatic heterocycles. The van der Waals surface area contributed by atoms with Gasteiger partial charge in [0.05, 0.1) is 5.69 Å². The standard InChI is InChI=1S/C17H24N2O/c1-16(2,3)18-12-14(13-10-8-7-9-11-13)19(15(18)20)17(4,5)6/h7-12H,1-6H3. The fraction of sp³-hybridized carbons (Fsp3) is 0.471. The van der Waals surface area contributed by atoms with Gasteiger partial charge >= 0.3 is 5.69 Å². The van der Waals surface area contributed by atoms with Crippen LogP contribution in [0.2, 0.25) is 0 Å². The highest BCUT2D eigenvalue weighted by Gasteiger charge is 2.26. The number of benzene rings is 1. The second-order valence-corrected chi connectivity index (χ2v) is 7.21. The fourth-order valence-electron chi connectivity index (χ4n) is 2.39. The molecule has 0 unspecified atom stereocenters. The van der Waals surface area contributed by atoms with Crippen molar-refractivity contribution in [2.75, 3.05) is 0 Å². The number of hydrogen-bond donors (Lipinski definition) is 0. The topological polar surface area (TPSA) is 26.9 Å². The van der Waals surface area contributed by atoms with E-state index in [0.717, 1.165) is 11.3 Å². The molecule has 1 aromatic heterocycles. The maximum Gasteiger partial charge on any atom is 0.329 e. The molecule has 3 heteroatoms. The average molecular weight is 272 g/mol. The first kappa shape index (κ1) is 14.6. The van der Waals surface area contributed by atoms with E-state index in [2.05, 4.69) is 41.5 Å². The first-order valence-electron chi connectivity index (χ1n) is 7.03. The highest BCUT2D eigenvalue weighted by Crippen LogP contribution is 2.26. The fourth-order valence-corrected chi connectivity index (χ4v) is 2.39. The smallest absolute Gasteiger partial charge is 0.293 e. The lowest BCUT2D eigenvalue weighted by Crippen LogP contribution is -2.39. The van der Waals surface area contributed by atoms with Gasteiger partial charge in [-0.15, -0.1) is 0 Å². The lowest BCUT2D eigenvalue weighted by Gasteiger charge is -2.23. The normalized spacial score (nSPS) is 12.7. The SMILES string of the molecule is CC(C)(C)n1cc(-c2ccccc2)n(C(C)(C)C)c1=O. The molecule has 0 fully saturated rings. The van der Waals surface area contributed by atoms with Gasteiger partial charge in [-0.3, -0.25) is 9.13 Å². The monoisotopic (exact) mass is 272 g/mol. The minimum atomic E-state index is -0.251. The molecular weight excluding hydrogens is 248 g/mol. The van der Waals surface area contributed by atoms with Crippen LogP contribution < -0.4 is 5.69 Å². The molecule has 0 radical (unpaired) electrons. The number of aromatic nitrogens is 2. The largest absolute Gasteiger partial charge is 0.329 e. The maximum absolute atomic E-state index is 12.8. The third-order valence-corrected chi connectivity index (χ3v) is 3.35. The summed E-state index contributed by atoms with van der Waals surface area (Å²) in [6.07, 6.45) is 1.98. The quantitative estimate of drug-likeness (QED) is 0.775. The number of nitrogens with zero attached hydrogens (tertiary/aromatic N) is 2.